The monoisotopic (exact) mass is 660 g/mol. The molecule has 0 aliphatic rings. The smallest absolute Gasteiger partial charge is 0.334 e. The van der Waals surface area contributed by atoms with Gasteiger partial charge in [-0.2, -0.15) is 0 Å². The summed E-state index contributed by atoms with van der Waals surface area (Å²) in [5.41, 5.74) is 8.76. The standard InChI is InChI=1S/C34H64N2O6S2/c1-5-7-9-11-13-15-17-19-21-23-25-41-31(39)33(35,29(3)37)27-43-44-28-34(36,30(4)38)32(40)42-26-24-22-20-18-16-14-12-10-8-6-2/h5-28,35-36H2,1-4H3. The minimum absolute atomic E-state index is 0.0640. The molecule has 0 aromatic heterocycles. The quantitative estimate of drug-likeness (QED) is 0.0327. The first-order valence-corrected chi connectivity index (χ1v) is 19.7. The molecule has 10 heteroatoms. The van der Waals surface area contributed by atoms with E-state index in [2.05, 4.69) is 13.8 Å². The summed E-state index contributed by atoms with van der Waals surface area (Å²) in [7, 11) is 2.23. The van der Waals surface area contributed by atoms with E-state index in [-0.39, 0.29) is 24.7 Å². The largest absolute Gasteiger partial charge is 0.464 e. The SMILES string of the molecule is CCCCCCCCCCCCOC(=O)C(N)(CSSCC(N)(C(C)=O)C(=O)OCCCCCCCCCCCC)C(C)=O. The fourth-order valence-corrected chi connectivity index (χ4v) is 7.44. The number of Topliss-reactive ketones (excluding diaryl/α,β-unsaturated/α-hetero) is 2. The van der Waals surface area contributed by atoms with Crippen LogP contribution in [0.15, 0.2) is 0 Å². The lowest BCUT2D eigenvalue weighted by atomic mass is 9.99. The number of nitrogens with two attached hydrogens (primary N) is 2. The first-order valence-electron chi connectivity index (χ1n) is 17.2. The number of unbranched alkanes of at least 4 members (excludes halogenated alkanes) is 18. The van der Waals surface area contributed by atoms with E-state index in [9.17, 15) is 19.2 Å². The van der Waals surface area contributed by atoms with Crippen LogP contribution in [-0.2, 0) is 28.7 Å². The van der Waals surface area contributed by atoms with Gasteiger partial charge in [0.15, 0.2) is 22.6 Å². The van der Waals surface area contributed by atoms with Gasteiger partial charge >= 0.3 is 11.9 Å². The first-order chi connectivity index (χ1) is 21.1. The molecular formula is C34H64N2O6S2. The number of esters is 2. The summed E-state index contributed by atoms with van der Waals surface area (Å²) in [6, 6.07) is 0. The predicted molar refractivity (Wildman–Crippen MR) is 186 cm³/mol. The van der Waals surface area contributed by atoms with E-state index in [0.29, 0.717) is 0 Å². The van der Waals surface area contributed by atoms with Crippen molar-refractivity contribution >= 4 is 45.1 Å². The number of ketones is 2. The summed E-state index contributed by atoms with van der Waals surface area (Å²) in [5.74, 6) is -2.64. The van der Waals surface area contributed by atoms with Crippen molar-refractivity contribution in [1.29, 1.82) is 0 Å². The third kappa shape index (κ3) is 19.4. The summed E-state index contributed by atoms with van der Waals surface area (Å²) in [6.45, 7) is 7.41. The number of ether oxygens (including phenoxy) is 2. The van der Waals surface area contributed by atoms with Gasteiger partial charge in [0.25, 0.3) is 0 Å². The van der Waals surface area contributed by atoms with Crippen molar-refractivity contribution in [2.75, 3.05) is 24.7 Å². The second kappa shape index (κ2) is 27.1. The highest BCUT2D eigenvalue weighted by Gasteiger charge is 2.43. The van der Waals surface area contributed by atoms with Crippen LogP contribution in [0.1, 0.15) is 156 Å². The molecule has 0 aromatic rings. The maximum atomic E-state index is 12.7. The molecule has 0 saturated carbocycles. The lowest BCUT2D eigenvalue weighted by molar-refractivity contribution is -0.154. The molecule has 0 fully saturated rings. The van der Waals surface area contributed by atoms with Gasteiger partial charge in [-0.25, -0.2) is 9.59 Å². The highest BCUT2D eigenvalue weighted by Crippen LogP contribution is 2.30. The molecule has 44 heavy (non-hydrogen) atoms. The predicted octanol–water partition coefficient (Wildman–Crippen LogP) is 7.87. The van der Waals surface area contributed by atoms with Crippen molar-refractivity contribution in [3.63, 3.8) is 0 Å². The topological polar surface area (TPSA) is 139 Å². The summed E-state index contributed by atoms with van der Waals surface area (Å²) in [6.07, 6.45) is 23.3. The average Bonchev–Trinajstić information content (AvgIpc) is 2.99. The number of hydrogen-bond donors (Lipinski definition) is 2. The molecule has 2 atom stereocenters. The van der Waals surface area contributed by atoms with Gasteiger partial charge in [-0.1, -0.05) is 151 Å². The van der Waals surface area contributed by atoms with E-state index < -0.39 is 34.6 Å². The fourth-order valence-electron chi connectivity index (χ4n) is 4.64. The van der Waals surface area contributed by atoms with Crippen molar-refractivity contribution in [2.45, 2.75) is 167 Å². The van der Waals surface area contributed by atoms with E-state index in [0.717, 1.165) is 60.1 Å². The maximum Gasteiger partial charge on any atom is 0.334 e. The molecule has 258 valence electrons. The van der Waals surface area contributed by atoms with E-state index >= 15 is 0 Å². The van der Waals surface area contributed by atoms with Crippen LogP contribution in [-0.4, -0.2) is 59.3 Å². The molecule has 0 bridgehead atoms. The maximum absolute atomic E-state index is 12.7. The fraction of sp³-hybridized carbons (Fsp3) is 0.882. The van der Waals surface area contributed by atoms with Gasteiger partial charge in [-0.05, 0) is 26.7 Å². The lowest BCUT2D eigenvalue weighted by Crippen LogP contribution is -2.58. The highest BCUT2D eigenvalue weighted by atomic mass is 33.1. The average molecular weight is 661 g/mol. The molecule has 4 N–H and O–H groups in total. The molecule has 0 amide bonds. The molecule has 0 aromatic carbocycles. The third-order valence-corrected chi connectivity index (χ3v) is 10.6. The van der Waals surface area contributed by atoms with Crippen molar-refractivity contribution in [1.82, 2.24) is 0 Å². The summed E-state index contributed by atoms with van der Waals surface area (Å²) in [4.78, 5) is 50.0. The second-order valence-electron chi connectivity index (χ2n) is 12.2. The normalized spacial score (nSPS) is 14.0. The third-order valence-electron chi connectivity index (χ3n) is 8.10. The summed E-state index contributed by atoms with van der Waals surface area (Å²) >= 11 is 0. The molecular weight excluding hydrogens is 597 g/mol. The van der Waals surface area contributed by atoms with E-state index in [4.69, 9.17) is 20.9 Å². The van der Waals surface area contributed by atoms with Gasteiger partial charge in [0, 0.05) is 11.5 Å². The number of rotatable bonds is 31. The molecule has 0 saturated heterocycles. The molecule has 0 heterocycles. The second-order valence-corrected chi connectivity index (χ2v) is 14.7. The Balaban J connectivity index is 4.35. The van der Waals surface area contributed by atoms with E-state index in [1.807, 2.05) is 0 Å². The molecule has 0 radical (unpaired) electrons. The number of carbonyl (C=O) groups is 4. The van der Waals surface area contributed by atoms with Crippen LogP contribution in [0.3, 0.4) is 0 Å². The van der Waals surface area contributed by atoms with Gasteiger partial charge in [-0.15, -0.1) is 0 Å². The van der Waals surface area contributed by atoms with E-state index in [1.165, 1.54) is 104 Å². The van der Waals surface area contributed by atoms with Crippen LogP contribution in [0.2, 0.25) is 0 Å². The lowest BCUT2D eigenvalue weighted by Gasteiger charge is -2.26. The van der Waals surface area contributed by atoms with Gasteiger partial charge in [0.2, 0.25) is 0 Å². The van der Waals surface area contributed by atoms with Gasteiger partial charge in [0.05, 0.1) is 13.2 Å². The highest BCUT2D eigenvalue weighted by molar-refractivity contribution is 8.76. The summed E-state index contributed by atoms with van der Waals surface area (Å²) < 4.78 is 10.7. The molecule has 0 aliphatic heterocycles. The molecule has 0 rings (SSSR count). The van der Waals surface area contributed by atoms with Gasteiger partial charge in [-0.3, -0.25) is 9.59 Å². The molecule has 8 nitrogen and oxygen atoms in total. The number of carbonyl (C=O) groups excluding carboxylic acids is 4. The Morgan fingerprint density at radius 1 is 0.477 bits per heavy atom. The molecule has 2 unspecified atom stereocenters. The van der Waals surface area contributed by atoms with Crippen molar-refractivity contribution in [3.8, 4) is 0 Å². The van der Waals surface area contributed by atoms with Crippen molar-refractivity contribution in [2.24, 2.45) is 11.5 Å². The zero-order valence-electron chi connectivity index (χ0n) is 28.4. The Kier molecular flexibility index (Phi) is 26.4. The Bertz CT molecular complexity index is 736. The van der Waals surface area contributed by atoms with Crippen LogP contribution < -0.4 is 11.5 Å². The Morgan fingerprint density at radius 3 is 0.977 bits per heavy atom. The van der Waals surface area contributed by atoms with Crippen LogP contribution in [0.4, 0.5) is 0 Å². The van der Waals surface area contributed by atoms with Crippen molar-refractivity contribution < 1.29 is 28.7 Å². The Morgan fingerprint density at radius 2 is 0.727 bits per heavy atom. The van der Waals surface area contributed by atoms with Gasteiger partial charge in [0.1, 0.15) is 0 Å². The van der Waals surface area contributed by atoms with Crippen LogP contribution >= 0.6 is 21.6 Å². The Labute approximate surface area is 276 Å². The first kappa shape index (κ1) is 42.9. The summed E-state index contributed by atoms with van der Waals surface area (Å²) in [5, 5.41) is 0. The minimum atomic E-state index is -1.81. The zero-order chi connectivity index (χ0) is 33.1. The molecule has 0 aliphatic carbocycles. The Hall–Kier alpha value is -1.10. The molecule has 0 spiro atoms. The van der Waals surface area contributed by atoms with Gasteiger partial charge < -0.3 is 20.9 Å². The van der Waals surface area contributed by atoms with Crippen LogP contribution in [0, 0.1) is 0 Å². The van der Waals surface area contributed by atoms with Crippen LogP contribution in [0.25, 0.3) is 0 Å². The van der Waals surface area contributed by atoms with Crippen molar-refractivity contribution in [3.05, 3.63) is 0 Å². The number of hydrogen-bond acceptors (Lipinski definition) is 10. The minimum Gasteiger partial charge on any atom is -0.464 e. The van der Waals surface area contributed by atoms with Crippen LogP contribution in [0.5, 0.6) is 0 Å². The van der Waals surface area contributed by atoms with E-state index in [1.54, 1.807) is 0 Å². The zero-order valence-corrected chi connectivity index (χ0v) is 30.0.